The molecule has 12 aromatic carbocycles. The Hall–Kier alpha value is -11.7. The van der Waals surface area contributed by atoms with Crippen molar-refractivity contribution < 1.29 is 0 Å². The predicted octanol–water partition coefficient (Wildman–Crippen LogP) is 23.9. The highest BCUT2D eigenvalue weighted by Crippen LogP contribution is 2.56. The Balaban J connectivity index is 1.15. The van der Waals surface area contributed by atoms with Gasteiger partial charge in [0.25, 0.3) is 0 Å². The number of nitrogens with zero attached hydrogens (tertiary/aromatic N) is 2. The highest BCUT2D eigenvalue weighted by atomic mass is 14.8. The molecule has 434 valence electrons. The molecule has 92 heavy (non-hydrogen) atoms. The van der Waals surface area contributed by atoms with Crippen molar-refractivity contribution in [2.75, 3.05) is 0 Å². The van der Waals surface area contributed by atoms with E-state index in [-0.39, 0.29) is 0 Å². The maximum atomic E-state index is 5.93. The number of aryl methyl sites for hydroxylation is 4. The van der Waals surface area contributed by atoms with Gasteiger partial charge >= 0.3 is 0 Å². The van der Waals surface area contributed by atoms with Crippen molar-refractivity contribution >= 4 is 43.6 Å². The summed E-state index contributed by atoms with van der Waals surface area (Å²) in [5, 5.41) is 4.42. The summed E-state index contributed by atoms with van der Waals surface area (Å²) in [7, 11) is 0. The minimum Gasteiger partial charge on any atom is -0.354 e. The Kier molecular flexibility index (Phi) is 13.1. The zero-order chi connectivity index (χ0) is 61.6. The first-order valence-electron chi connectivity index (χ1n) is 31.8. The minimum absolute atomic E-state index is 0.877. The second-order valence-corrected chi connectivity index (χ2v) is 24.6. The van der Waals surface area contributed by atoms with Gasteiger partial charge in [-0.3, -0.25) is 0 Å². The standard InChI is InChI=1S/C88H62N4/c1-53-45-65-66(46-54(53)2)70-50-74-86-82(62-39-23-10-24-40-62)79(59-33-17-7-18-34-59)80(60-35-19-8-20-36-60)84(64-43-27-12-28-44-64)88(86)76(92-74)52-72-68-48-56(4)55(3)47-67(68)71(90-72)51-75-87-83(63-41-25-11-26-42-63)78(58-31-15-6-16-32-58)77(57-29-13-5-14-30-57)81(61-37-21-9-22-38-61)85(87)73(91-75)49-69(65)89-70/h5-52,91-92H,1-4H3. The van der Waals surface area contributed by atoms with E-state index in [1.807, 2.05) is 0 Å². The maximum absolute atomic E-state index is 5.93. The number of H-pyrrole nitrogens is 2. The second-order valence-electron chi connectivity index (χ2n) is 24.6. The summed E-state index contributed by atoms with van der Waals surface area (Å²) in [6, 6.07) is 107. The van der Waals surface area contributed by atoms with Gasteiger partial charge < -0.3 is 9.97 Å². The number of hydrogen-bond acceptors (Lipinski definition) is 2. The molecule has 3 aromatic heterocycles. The van der Waals surface area contributed by atoms with Gasteiger partial charge in [0.1, 0.15) is 0 Å². The third-order valence-corrected chi connectivity index (χ3v) is 19.1. The molecule has 0 amide bonds. The summed E-state index contributed by atoms with van der Waals surface area (Å²) in [6.45, 7) is 8.89. The molecule has 17 rings (SSSR count). The maximum Gasteiger partial charge on any atom is 0.0737 e. The van der Waals surface area contributed by atoms with E-state index in [9.17, 15) is 0 Å². The number of fused-ring (bicyclic) bond motifs is 20. The molecule has 0 saturated heterocycles. The summed E-state index contributed by atoms with van der Waals surface area (Å²) in [5.74, 6) is 0. The minimum atomic E-state index is 0.877. The molecule has 0 atom stereocenters. The SMILES string of the molecule is Cc1cc2c(cc1C)-c1cc3[nH]c(cc4nc(cc5[nH]c(cc-2n1)c1c(-c2ccccc2)c(-c2ccccc2)c(-c2ccccc2)c(-c2ccccc2)c51)-c1cc(C)c(C)cc1-4)c1c(-c2ccccc2)c(-c2ccccc2)c(-c2ccccc2)c(-c2ccccc2)c31. The van der Waals surface area contributed by atoms with E-state index < -0.39 is 0 Å². The third kappa shape index (κ3) is 8.97. The van der Waals surface area contributed by atoms with Crippen LogP contribution in [0.5, 0.6) is 0 Å². The summed E-state index contributed by atoms with van der Waals surface area (Å²) < 4.78 is 0. The van der Waals surface area contributed by atoms with Gasteiger partial charge in [-0.15, -0.1) is 0 Å². The van der Waals surface area contributed by atoms with E-state index in [1.54, 1.807) is 0 Å². The monoisotopic (exact) mass is 1170 g/mol. The molecule has 2 aliphatic rings. The molecule has 4 heteroatoms. The number of aromatic nitrogens is 4. The van der Waals surface area contributed by atoms with Gasteiger partial charge in [0.15, 0.2) is 0 Å². The van der Waals surface area contributed by atoms with E-state index in [2.05, 4.69) is 329 Å². The lowest BCUT2D eigenvalue weighted by Gasteiger charge is -2.23. The van der Waals surface area contributed by atoms with Crippen LogP contribution in [0.25, 0.3) is 178 Å². The molecule has 4 nitrogen and oxygen atoms in total. The lowest BCUT2D eigenvalue weighted by Crippen LogP contribution is -1.96. The Morgan fingerprint density at radius 2 is 0.359 bits per heavy atom. The van der Waals surface area contributed by atoms with Gasteiger partial charge in [0, 0.05) is 88.1 Å². The summed E-state index contributed by atoms with van der Waals surface area (Å²) in [5.41, 5.74) is 34.6. The van der Waals surface area contributed by atoms with Crippen LogP contribution in [0.4, 0.5) is 0 Å². The van der Waals surface area contributed by atoms with Crippen molar-refractivity contribution in [3.8, 4) is 134 Å². The van der Waals surface area contributed by atoms with E-state index in [0.717, 1.165) is 178 Å². The summed E-state index contributed by atoms with van der Waals surface area (Å²) >= 11 is 0. The Bertz CT molecular complexity index is 4910. The van der Waals surface area contributed by atoms with Gasteiger partial charge in [0.05, 0.1) is 22.8 Å². The van der Waals surface area contributed by atoms with Crippen molar-refractivity contribution in [1.82, 2.24) is 19.9 Å². The summed E-state index contributed by atoms with van der Waals surface area (Å²) in [4.78, 5) is 20.3. The van der Waals surface area contributed by atoms with Gasteiger partial charge in [-0.05, 0) is 165 Å². The third-order valence-electron chi connectivity index (χ3n) is 19.1. The molecule has 15 aromatic rings. The molecule has 0 spiro atoms. The quantitative estimate of drug-likeness (QED) is 0.159. The normalized spacial score (nSPS) is 11.7. The number of hydrogen-bond donors (Lipinski definition) is 2. The fraction of sp³-hybridized carbons (Fsp3) is 0.0455. The Morgan fingerprint density at radius 1 is 0.196 bits per heavy atom. The zero-order valence-electron chi connectivity index (χ0n) is 51.6. The predicted molar refractivity (Wildman–Crippen MR) is 387 cm³/mol. The van der Waals surface area contributed by atoms with Crippen LogP contribution in [0, 0.1) is 27.7 Å². The second kappa shape index (κ2) is 22.1. The molecule has 0 fully saturated rings. The molecule has 5 heterocycles. The number of aromatic amines is 2. The zero-order valence-corrected chi connectivity index (χ0v) is 51.6. The molecule has 2 aliphatic heterocycles. The number of nitrogens with one attached hydrogen (secondary N) is 2. The number of benzene rings is 12. The lowest BCUT2D eigenvalue weighted by molar-refractivity contribution is 1.35. The van der Waals surface area contributed by atoms with Gasteiger partial charge in [-0.2, -0.15) is 0 Å². The fourth-order valence-electron chi connectivity index (χ4n) is 14.7. The van der Waals surface area contributed by atoms with Gasteiger partial charge in [0.2, 0.25) is 0 Å². The van der Waals surface area contributed by atoms with Crippen molar-refractivity contribution in [3.05, 3.63) is 313 Å². The first-order valence-corrected chi connectivity index (χ1v) is 31.8. The van der Waals surface area contributed by atoms with Crippen LogP contribution in [0.15, 0.2) is 291 Å². The fourth-order valence-corrected chi connectivity index (χ4v) is 14.7. The van der Waals surface area contributed by atoms with Crippen LogP contribution in [0.3, 0.4) is 0 Å². The Labute approximate surface area is 535 Å². The molecule has 0 unspecified atom stereocenters. The van der Waals surface area contributed by atoms with Crippen molar-refractivity contribution in [2.24, 2.45) is 0 Å². The van der Waals surface area contributed by atoms with Gasteiger partial charge in [-0.25, -0.2) is 9.97 Å². The van der Waals surface area contributed by atoms with Crippen LogP contribution < -0.4 is 0 Å². The molecule has 8 bridgehead atoms. The molecule has 2 N–H and O–H groups in total. The van der Waals surface area contributed by atoms with Crippen LogP contribution in [-0.4, -0.2) is 19.9 Å². The Morgan fingerprint density at radius 3 is 0.533 bits per heavy atom. The average molecular weight is 1180 g/mol. The molecule has 0 radical (unpaired) electrons. The number of rotatable bonds is 8. The van der Waals surface area contributed by atoms with Crippen LogP contribution >= 0.6 is 0 Å². The topological polar surface area (TPSA) is 57.4 Å². The van der Waals surface area contributed by atoms with Crippen molar-refractivity contribution in [2.45, 2.75) is 27.7 Å². The highest BCUT2D eigenvalue weighted by Gasteiger charge is 2.31. The first-order chi connectivity index (χ1) is 45.3. The van der Waals surface area contributed by atoms with E-state index >= 15 is 0 Å². The average Bonchev–Trinajstić information content (AvgIpc) is 1.47. The smallest absolute Gasteiger partial charge is 0.0737 e. The molecule has 0 aliphatic carbocycles. The van der Waals surface area contributed by atoms with Crippen LogP contribution in [0.2, 0.25) is 0 Å². The molecule has 0 saturated carbocycles. The van der Waals surface area contributed by atoms with E-state index in [4.69, 9.17) is 9.97 Å². The molecular formula is C88H62N4. The lowest BCUT2D eigenvalue weighted by atomic mass is 9.79. The summed E-state index contributed by atoms with van der Waals surface area (Å²) in [6.07, 6.45) is 0. The molecular weight excluding hydrogens is 1110 g/mol. The van der Waals surface area contributed by atoms with E-state index in [1.165, 1.54) is 22.3 Å². The van der Waals surface area contributed by atoms with Crippen molar-refractivity contribution in [1.29, 1.82) is 0 Å². The largest absolute Gasteiger partial charge is 0.354 e. The van der Waals surface area contributed by atoms with E-state index in [0.29, 0.717) is 0 Å². The van der Waals surface area contributed by atoms with Crippen LogP contribution in [0.1, 0.15) is 22.3 Å². The highest BCUT2D eigenvalue weighted by molar-refractivity contribution is 6.29. The van der Waals surface area contributed by atoms with Gasteiger partial charge in [-0.1, -0.05) is 243 Å². The van der Waals surface area contributed by atoms with Crippen LogP contribution in [-0.2, 0) is 0 Å². The first kappa shape index (κ1) is 54.4. The van der Waals surface area contributed by atoms with Crippen molar-refractivity contribution in [3.63, 3.8) is 0 Å².